The maximum atomic E-state index is 14.7. The molecule has 2 aromatic heterocycles. The van der Waals surface area contributed by atoms with Crippen molar-refractivity contribution in [2.45, 2.75) is 6.18 Å². The van der Waals surface area contributed by atoms with Gasteiger partial charge in [-0.05, 0) is 36.4 Å². The molecule has 0 aliphatic carbocycles. The molecule has 0 saturated heterocycles. The van der Waals surface area contributed by atoms with Crippen LogP contribution in [0.5, 0.6) is 0 Å². The fourth-order valence-corrected chi connectivity index (χ4v) is 2.98. The number of nitrogen functional groups attached to an aromatic ring is 1. The van der Waals surface area contributed by atoms with Crippen LogP contribution in [0, 0.1) is 5.82 Å². The summed E-state index contributed by atoms with van der Waals surface area (Å²) < 4.78 is 54.4. The highest BCUT2D eigenvalue weighted by molar-refractivity contribution is 6.00. The summed E-state index contributed by atoms with van der Waals surface area (Å²) in [5.74, 6) is -0.492. The summed E-state index contributed by atoms with van der Waals surface area (Å²) in [6.07, 6.45) is -1.61. The fraction of sp³-hybridized carbons (Fsp3) is 0.0500. The number of nitrogens with two attached hydrogens (primary N) is 1. The highest BCUT2D eigenvalue weighted by Gasteiger charge is 2.30. The van der Waals surface area contributed by atoms with E-state index in [1.165, 1.54) is 41.2 Å². The van der Waals surface area contributed by atoms with Gasteiger partial charge in [0.1, 0.15) is 11.6 Å². The molecule has 2 aromatic carbocycles. The summed E-state index contributed by atoms with van der Waals surface area (Å²) in [6, 6.07) is 8.87. The van der Waals surface area contributed by atoms with E-state index in [0.717, 1.165) is 18.2 Å². The Bertz CT molecular complexity index is 1280. The molecule has 158 valence electrons. The zero-order valence-electron chi connectivity index (χ0n) is 15.6. The number of urea groups is 1. The van der Waals surface area contributed by atoms with Gasteiger partial charge >= 0.3 is 12.2 Å². The Morgan fingerprint density at radius 2 is 1.74 bits per heavy atom. The number of hydrogen-bond acceptors (Lipinski definition) is 4. The number of nitrogens with zero attached hydrogens (tertiary/aromatic N) is 3. The minimum absolute atomic E-state index is 0.0595. The van der Waals surface area contributed by atoms with E-state index in [0.29, 0.717) is 11.2 Å². The van der Waals surface area contributed by atoms with Crippen molar-refractivity contribution >= 4 is 28.9 Å². The van der Waals surface area contributed by atoms with Gasteiger partial charge in [0.25, 0.3) is 0 Å². The predicted molar refractivity (Wildman–Crippen MR) is 107 cm³/mol. The molecular weight excluding hydrogens is 416 g/mol. The Balaban J connectivity index is 1.52. The number of rotatable bonds is 3. The molecule has 7 nitrogen and oxygen atoms in total. The molecule has 0 aliphatic heterocycles. The van der Waals surface area contributed by atoms with Crippen molar-refractivity contribution in [3.8, 4) is 11.1 Å². The summed E-state index contributed by atoms with van der Waals surface area (Å²) in [5, 5.41) is 8.68. The quantitative estimate of drug-likeness (QED) is 0.408. The lowest BCUT2D eigenvalue weighted by Crippen LogP contribution is -2.20. The standard InChI is InChI=1S/C20H14F4N6O/c21-16-9-13(29-19(31)28-12-3-1-2-11(8-12)20(22,23)24)4-5-14(16)15-10-26-17-6-7-27-30(17)18(15)25/h1-10H,25H2,(H2,28,29,31). The van der Waals surface area contributed by atoms with Crippen LogP contribution in [0.1, 0.15) is 5.56 Å². The summed E-state index contributed by atoms with van der Waals surface area (Å²) >= 11 is 0. The third-order valence-electron chi connectivity index (χ3n) is 4.42. The van der Waals surface area contributed by atoms with E-state index in [1.807, 2.05) is 0 Å². The Kier molecular flexibility index (Phi) is 4.93. The third kappa shape index (κ3) is 4.10. The van der Waals surface area contributed by atoms with Crippen LogP contribution in [0.2, 0.25) is 0 Å². The zero-order chi connectivity index (χ0) is 22.2. The van der Waals surface area contributed by atoms with Gasteiger partial charge in [-0.3, -0.25) is 0 Å². The maximum Gasteiger partial charge on any atom is 0.416 e. The van der Waals surface area contributed by atoms with Gasteiger partial charge in [0, 0.05) is 34.8 Å². The second kappa shape index (κ2) is 7.59. The van der Waals surface area contributed by atoms with Crippen LogP contribution >= 0.6 is 0 Å². The second-order valence-corrected chi connectivity index (χ2v) is 6.51. The molecule has 4 rings (SSSR count). The number of hydrogen-bond donors (Lipinski definition) is 3. The van der Waals surface area contributed by atoms with E-state index in [9.17, 15) is 22.4 Å². The van der Waals surface area contributed by atoms with Crippen molar-refractivity contribution < 1.29 is 22.4 Å². The highest BCUT2D eigenvalue weighted by atomic mass is 19.4. The number of anilines is 3. The summed E-state index contributed by atoms with van der Waals surface area (Å²) in [7, 11) is 0. The van der Waals surface area contributed by atoms with Crippen molar-refractivity contribution in [3.05, 3.63) is 72.3 Å². The highest BCUT2D eigenvalue weighted by Crippen LogP contribution is 2.31. The molecule has 0 bridgehead atoms. The molecular formula is C20H14F4N6O. The van der Waals surface area contributed by atoms with Crippen molar-refractivity contribution in [1.82, 2.24) is 14.6 Å². The van der Waals surface area contributed by atoms with Gasteiger partial charge < -0.3 is 16.4 Å². The lowest BCUT2D eigenvalue weighted by atomic mass is 10.1. The molecule has 0 fully saturated rings. The first-order chi connectivity index (χ1) is 14.7. The van der Waals surface area contributed by atoms with E-state index in [4.69, 9.17) is 5.73 Å². The summed E-state index contributed by atoms with van der Waals surface area (Å²) in [6.45, 7) is 0. The van der Waals surface area contributed by atoms with Gasteiger partial charge in [-0.2, -0.15) is 22.8 Å². The van der Waals surface area contributed by atoms with E-state index in [-0.39, 0.29) is 22.8 Å². The van der Waals surface area contributed by atoms with Crippen molar-refractivity contribution in [2.24, 2.45) is 0 Å². The minimum Gasteiger partial charge on any atom is -0.383 e. The number of fused-ring (bicyclic) bond motifs is 1. The number of benzene rings is 2. The second-order valence-electron chi connectivity index (χ2n) is 6.51. The van der Waals surface area contributed by atoms with Crippen LogP contribution in [0.25, 0.3) is 16.8 Å². The first-order valence-corrected chi connectivity index (χ1v) is 8.86. The summed E-state index contributed by atoms with van der Waals surface area (Å²) in [5.41, 5.74) is 6.14. The molecule has 11 heteroatoms. The lowest BCUT2D eigenvalue weighted by Gasteiger charge is -2.12. The minimum atomic E-state index is -4.54. The Labute approximate surface area is 172 Å². The maximum absolute atomic E-state index is 14.7. The molecule has 0 atom stereocenters. The number of halogens is 4. The largest absolute Gasteiger partial charge is 0.416 e. The molecule has 31 heavy (non-hydrogen) atoms. The average Bonchev–Trinajstić information content (AvgIpc) is 3.18. The van der Waals surface area contributed by atoms with Crippen LogP contribution in [-0.2, 0) is 6.18 Å². The Morgan fingerprint density at radius 1 is 1.00 bits per heavy atom. The van der Waals surface area contributed by atoms with Gasteiger partial charge in [-0.1, -0.05) is 6.07 Å². The van der Waals surface area contributed by atoms with Crippen molar-refractivity contribution in [2.75, 3.05) is 16.4 Å². The fourth-order valence-electron chi connectivity index (χ4n) is 2.98. The molecule has 4 N–H and O–H groups in total. The molecule has 0 spiro atoms. The van der Waals surface area contributed by atoms with Gasteiger partial charge in [-0.15, -0.1) is 0 Å². The van der Waals surface area contributed by atoms with Gasteiger partial charge in [-0.25, -0.2) is 14.2 Å². The third-order valence-corrected chi connectivity index (χ3v) is 4.42. The molecule has 0 saturated carbocycles. The van der Waals surface area contributed by atoms with E-state index in [1.54, 1.807) is 6.07 Å². The Hall–Kier alpha value is -4.15. The normalized spacial score (nSPS) is 11.5. The lowest BCUT2D eigenvalue weighted by molar-refractivity contribution is -0.137. The molecule has 2 amide bonds. The smallest absolute Gasteiger partial charge is 0.383 e. The molecule has 2 heterocycles. The molecule has 0 aliphatic rings. The zero-order valence-corrected chi connectivity index (χ0v) is 15.6. The molecule has 0 radical (unpaired) electrons. The number of alkyl halides is 3. The van der Waals surface area contributed by atoms with E-state index >= 15 is 0 Å². The summed E-state index contributed by atoms with van der Waals surface area (Å²) in [4.78, 5) is 16.3. The first-order valence-electron chi connectivity index (χ1n) is 8.86. The topological polar surface area (TPSA) is 97.3 Å². The van der Waals surface area contributed by atoms with E-state index in [2.05, 4.69) is 20.7 Å². The monoisotopic (exact) mass is 430 g/mol. The van der Waals surface area contributed by atoms with Crippen LogP contribution in [0.15, 0.2) is 60.9 Å². The van der Waals surface area contributed by atoms with Crippen LogP contribution in [0.3, 0.4) is 0 Å². The van der Waals surface area contributed by atoms with Crippen LogP contribution in [-0.4, -0.2) is 20.6 Å². The average molecular weight is 430 g/mol. The van der Waals surface area contributed by atoms with Crippen LogP contribution in [0.4, 0.5) is 39.5 Å². The van der Waals surface area contributed by atoms with Gasteiger partial charge in [0.05, 0.1) is 11.8 Å². The Morgan fingerprint density at radius 3 is 2.45 bits per heavy atom. The molecule has 4 aromatic rings. The first kappa shape index (κ1) is 20.1. The molecule has 0 unspecified atom stereocenters. The van der Waals surface area contributed by atoms with E-state index < -0.39 is 23.6 Å². The van der Waals surface area contributed by atoms with Crippen molar-refractivity contribution in [1.29, 1.82) is 0 Å². The van der Waals surface area contributed by atoms with Gasteiger partial charge in [0.15, 0.2) is 5.65 Å². The number of amides is 2. The number of carbonyl (C=O) groups is 1. The van der Waals surface area contributed by atoms with Crippen LogP contribution < -0.4 is 16.4 Å². The SMILES string of the molecule is Nc1c(-c2ccc(NC(=O)Nc3cccc(C(F)(F)F)c3)cc2F)cnc2ccnn12. The number of nitrogens with one attached hydrogen (secondary N) is 2. The number of carbonyl (C=O) groups excluding carboxylic acids is 1. The van der Waals surface area contributed by atoms with Gasteiger partial charge in [0.2, 0.25) is 0 Å². The number of aromatic nitrogens is 3. The predicted octanol–water partition coefficient (Wildman–Crippen LogP) is 4.78. The van der Waals surface area contributed by atoms with Crippen molar-refractivity contribution in [3.63, 3.8) is 0 Å².